The number of benzene rings is 2. The van der Waals surface area contributed by atoms with E-state index in [9.17, 15) is 4.79 Å². The first kappa shape index (κ1) is 19.8. The zero-order valence-electron chi connectivity index (χ0n) is 17.4. The third-order valence-corrected chi connectivity index (χ3v) is 8.00. The van der Waals surface area contributed by atoms with E-state index in [-0.39, 0.29) is 17.2 Å². The second kappa shape index (κ2) is 6.41. The average molecular weight is 440 g/mol. The highest BCUT2D eigenvalue weighted by Gasteiger charge is 2.67. The minimum Gasteiger partial charge on any atom is -0.325 e. The van der Waals surface area contributed by atoms with Gasteiger partial charge in [0.1, 0.15) is 0 Å². The van der Waals surface area contributed by atoms with Crippen LogP contribution in [0.3, 0.4) is 0 Å². The number of anilines is 1. The van der Waals surface area contributed by atoms with E-state index in [4.69, 9.17) is 33.2 Å². The van der Waals surface area contributed by atoms with Gasteiger partial charge in [0.2, 0.25) is 5.91 Å². The molecule has 1 heterocycles. The molecule has 4 nitrogen and oxygen atoms in total. The Morgan fingerprint density at radius 2 is 1.73 bits per heavy atom. The standard InChI is InChI=1S/C24H23Cl2N3O/c1-12-5-6-13(2)17(9-12)29-22(30)24-8-7-14(23(24,3)4)20-21(24)28-19-11-16(26)15(25)10-18(19)27-20/h5-6,9-11,14H,7-8H2,1-4H3,(H,29,30). The maximum atomic E-state index is 13.9. The largest absolute Gasteiger partial charge is 0.325 e. The number of amides is 1. The monoisotopic (exact) mass is 439 g/mol. The molecule has 0 spiro atoms. The van der Waals surface area contributed by atoms with Crippen molar-refractivity contribution in [2.45, 2.75) is 51.9 Å². The lowest BCUT2D eigenvalue weighted by Crippen LogP contribution is -2.46. The van der Waals surface area contributed by atoms with Gasteiger partial charge in [-0.3, -0.25) is 4.79 Å². The summed E-state index contributed by atoms with van der Waals surface area (Å²) in [4.78, 5) is 23.7. The van der Waals surface area contributed by atoms with Crippen molar-refractivity contribution in [2.75, 3.05) is 5.32 Å². The number of carbonyl (C=O) groups is 1. The Morgan fingerprint density at radius 1 is 1.07 bits per heavy atom. The molecule has 2 aliphatic rings. The van der Waals surface area contributed by atoms with E-state index in [1.165, 1.54) is 0 Å². The fraction of sp³-hybridized carbons (Fsp3) is 0.375. The minimum absolute atomic E-state index is 0.00356. The first-order chi connectivity index (χ1) is 14.1. The smallest absolute Gasteiger partial charge is 0.237 e. The molecule has 0 aliphatic heterocycles. The summed E-state index contributed by atoms with van der Waals surface area (Å²) >= 11 is 12.4. The van der Waals surface area contributed by atoms with Crippen LogP contribution in [0.2, 0.25) is 10.0 Å². The molecule has 0 saturated heterocycles. The van der Waals surface area contributed by atoms with Crippen LogP contribution in [0.25, 0.3) is 11.0 Å². The number of hydrogen-bond acceptors (Lipinski definition) is 3. The fourth-order valence-electron chi connectivity index (χ4n) is 5.48. The molecule has 2 aliphatic carbocycles. The first-order valence-electron chi connectivity index (χ1n) is 10.2. The lowest BCUT2D eigenvalue weighted by atomic mass is 9.67. The van der Waals surface area contributed by atoms with Crippen LogP contribution in [-0.4, -0.2) is 15.9 Å². The van der Waals surface area contributed by atoms with E-state index in [1.807, 2.05) is 26.0 Å². The van der Waals surface area contributed by atoms with Crippen LogP contribution in [0, 0.1) is 19.3 Å². The molecular weight excluding hydrogens is 417 g/mol. The molecule has 154 valence electrons. The number of rotatable bonds is 2. The zero-order chi connectivity index (χ0) is 21.4. The molecule has 1 fully saturated rings. The van der Waals surface area contributed by atoms with Gasteiger partial charge in [0, 0.05) is 11.6 Å². The Labute approximate surface area is 186 Å². The highest BCUT2D eigenvalue weighted by molar-refractivity contribution is 6.42. The maximum absolute atomic E-state index is 13.9. The SMILES string of the molecule is Cc1ccc(C)c(NC(=O)C23CCC(c4nc5cc(Cl)c(Cl)cc5nc42)C3(C)C)c1. The number of aryl methyl sites for hydroxylation is 2. The van der Waals surface area contributed by atoms with Gasteiger partial charge in [0.05, 0.1) is 37.9 Å². The summed E-state index contributed by atoms with van der Waals surface area (Å²) in [6, 6.07) is 9.60. The quantitative estimate of drug-likeness (QED) is 0.506. The van der Waals surface area contributed by atoms with Crippen molar-refractivity contribution in [2.24, 2.45) is 5.41 Å². The molecule has 3 aromatic rings. The molecular formula is C24H23Cl2N3O. The Morgan fingerprint density at radius 3 is 2.43 bits per heavy atom. The molecule has 1 aromatic heterocycles. The third-order valence-electron chi connectivity index (χ3n) is 7.28. The number of nitrogens with one attached hydrogen (secondary N) is 1. The number of fused-ring (bicyclic) bond motifs is 6. The van der Waals surface area contributed by atoms with Crippen molar-refractivity contribution < 1.29 is 4.79 Å². The molecule has 1 N–H and O–H groups in total. The summed E-state index contributed by atoms with van der Waals surface area (Å²) in [6.07, 6.45) is 1.68. The van der Waals surface area contributed by atoms with Crippen LogP contribution < -0.4 is 5.32 Å². The first-order valence-corrected chi connectivity index (χ1v) is 11.0. The van der Waals surface area contributed by atoms with Crippen LogP contribution in [-0.2, 0) is 10.2 Å². The fourth-order valence-corrected chi connectivity index (χ4v) is 5.79. The molecule has 2 aromatic carbocycles. The summed E-state index contributed by atoms with van der Waals surface area (Å²) in [5, 5.41) is 4.12. The number of nitrogens with zero attached hydrogens (tertiary/aromatic N) is 2. The van der Waals surface area contributed by atoms with Crippen LogP contribution in [0.1, 0.15) is 55.1 Å². The number of hydrogen-bond donors (Lipinski definition) is 1. The summed E-state index contributed by atoms with van der Waals surface area (Å²) in [5.41, 5.74) is 5.10. The van der Waals surface area contributed by atoms with E-state index in [0.717, 1.165) is 46.6 Å². The van der Waals surface area contributed by atoms with Gasteiger partial charge >= 0.3 is 0 Å². The van der Waals surface area contributed by atoms with Crippen molar-refractivity contribution in [1.82, 2.24) is 9.97 Å². The highest BCUT2D eigenvalue weighted by Crippen LogP contribution is 2.67. The zero-order valence-corrected chi connectivity index (χ0v) is 18.9. The Balaban J connectivity index is 1.68. The molecule has 1 saturated carbocycles. The molecule has 6 heteroatoms. The van der Waals surface area contributed by atoms with Gasteiger partial charge in [-0.1, -0.05) is 49.2 Å². The average Bonchev–Trinajstić information content (AvgIpc) is 3.06. The molecule has 2 atom stereocenters. The van der Waals surface area contributed by atoms with Crippen molar-refractivity contribution in [3.05, 3.63) is 62.9 Å². The van der Waals surface area contributed by atoms with Crippen LogP contribution >= 0.6 is 23.2 Å². The second-order valence-electron chi connectivity index (χ2n) is 9.20. The molecule has 30 heavy (non-hydrogen) atoms. The molecule has 5 rings (SSSR count). The summed E-state index contributed by atoms with van der Waals surface area (Å²) in [7, 11) is 0. The Bertz CT molecular complexity index is 1240. The van der Waals surface area contributed by atoms with Crippen LogP contribution in [0.5, 0.6) is 0 Å². The van der Waals surface area contributed by atoms with Gasteiger partial charge in [-0.2, -0.15) is 0 Å². The number of carbonyl (C=O) groups excluding carboxylic acids is 1. The Kier molecular flexibility index (Phi) is 4.23. The summed E-state index contributed by atoms with van der Waals surface area (Å²) in [5.74, 6) is 0.180. The van der Waals surface area contributed by atoms with Gasteiger partial charge < -0.3 is 5.32 Å². The van der Waals surface area contributed by atoms with Gasteiger partial charge in [-0.25, -0.2) is 9.97 Å². The Hall–Kier alpha value is -2.17. The van der Waals surface area contributed by atoms with Crippen molar-refractivity contribution in [3.8, 4) is 0 Å². The van der Waals surface area contributed by atoms with Crippen LogP contribution in [0.4, 0.5) is 5.69 Å². The topological polar surface area (TPSA) is 54.9 Å². The van der Waals surface area contributed by atoms with Gasteiger partial charge in [-0.05, 0) is 61.4 Å². The third kappa shape index (κ3) is 2.50. The van der Waals surface area contributed by atoms with Gasteiger partial charge in [0.15, 0.2) is 0 Å². The molecule has 2 unspecified atom stereocenters. The van der Waals surface area contributed by atoms with Gasteiger partial charge in [-0.15, -0.1) is 0 Å². The molecule has 2 bridgehead atoms. The number of halogens is 2. The second-order valence-corrected chi connectivity index (χ2v) is 10.0. The summed E-state index contributed by atoms with van der Waals surface area (Å²) < 4.78 is 0. The number of aromatic nitrogens is 2. The van der Waals surface area contributed by atoms with Crippen LogP contribution in [0.15, 0.2) is 30.3 Å². The predicted molar refractivity (Wildman–Crippen MR) is 122 cm³/mol. The van der Waals surface area contributed by atoms with Gasteiger partial charge in [0.25, 0.3) is 0 Å². The molecule has 1 amide bonds. The normalized spacial score (nSPS) is 23.6. The van der Waals surface area contributed by atoms with E-state index >= 15 is 0 Å². The maximum Gasteiger partial charge on any atom is 0.237 e. The van der Waals surface area contributed by atoms with Crippen molar-refractivity contribution in [3.63, 3.8) is 0 Å². The van der Waals surface area contributed by atoms with E-state index in [1.54, 1.807) is 12.1 Å². The summed E-state index contributed by atoms with van der Waals surface area (Å²) in [6.45, 7) is 8.37. The van der Waals surface area contributed by atoms with Crippen molar-refractivity contribution >= 4 is 45.8 Å². The lowest BCUT2D eigenvalue weighted by Gasteiger charge is -2.36. The predicted octanol–water partition coefficient (Wildman–Crippen LogP) is 6.35. The van der Waals surface area contributed by atoms with E-state index in [0.29, 0.717) is 15.6 Å². The van der Waals surface area contributed by atoms with E-state index < -0.39 is 5.41 Å². The van der Waals surface area contributed by atoms with E-state index in [2.05, 4.69) is 25.2 Å². The molecule has 0 radical (unpaired) electrons. The highest BCUT2D eigenvalue weighted by atomic mass is 35.5. The lowest BCUT2D eigenvalue weighted by molar-refractivity contribution is -0.124. The van der Waals surface area contributed by atoms with Crippen molar-refractivity contribution in [1.29, 1.82) is 0 Å². The minimum atomic E-state index is -0.726.